The summed E-state index contributed by atoms with van der Waals surface area (Å²) in [5.74, 6) is -0.463. The third-order valence-corrected chi connectivity index (χ3v) is 4.16. The Morgan fingerprint density at radius 1 is 1.00 bits per heavy atom. The molecule has 2 aliphatic rings. The van der Waals surface area contributed by atoms with Crippen molar-refractivity contribution >= 4 is 40.2 Å². The molecule has 0 radical (unpaired) electrons. The number of carbonyl (C=O) groups excluding carboxylic acids is 2. The fourth-order valence-corrected chi connectivity index (χ4v) is 3.22. The number of nitrogens with one attached hydrogen (secondary N) is 2. The van der Waals surface area contributed by atoms with Crippen LogP contribution in [0.2, 0.25) is 5.02 Å². The lowest BCUT2D eigenvalue weighted by Gasteiger charge is -2.05. The zero-order valence-electron chi connectivity index (χ0n) is 11.7. The molecule has 0 saturated heterocycles. The van der Waals surface area contributed by atoms with Crippen LogP contribution in [0, 0.1) is 6.92 Å². The Morgan fingerprint density at radius 3 is 2.55 bits per heavy atom. The molecule has 4 nitrogen and oxygen atoms in total. The molecule has 5 heteroatoms. The van der Waals surface area contributed by atoms with Gasteiger partial charge >= 0.3 is 0 Å². The fraction of sp³-hybridized carbons (Fsp3) is 0.0588. The highest BCUT2D eigenvalue weighted by atomic mass is 35.5. The van der Waals surface area contributed by atoms with Crippen molar-refractivity contribution in [2.24, 2.45) is 0 Å². The van der Waals surface area contributed by atoms with Gasteiger partial charge in [0.05, 0.1) is 11.3 Å². The number of hydrogen-bond acceptors (Lipinski definition) is 3. The van der Waals surface area contributed by atoms with Gasteiger partial charge in [-0.2, -0.15) is 0 Å². The van der Waals surface area contributed by atoms with Gasteiger partial charge in [0, 0.05) is 21.8 Å². The number of fused-ring (bicyclic) bond motifs is 2. The standard InChI is InChI=1S/C17H11ClN2O2/c1-8-6-9(18)7-11-13(17(22)20-14(8)11)15-16(21)10-4-2-3-5-12(10)19-15/h2-7,19H,1H3,(H,20,22). The second-order valence-electron chi connectivity index (χ2n) is 5.35. The Bertz CT molecular complexity index is 900. The van der Waals surface area contributed by atoms with Crippen LogP contribution in [0.25, 0.3) is 5.57 Å². The molecule has 2 aromatic carbocycles. The lowest BCUT2D eigenvalue weighted by atomic mass is 10.0. The number of hydrogen-bond donors (Lipinski definition) is 2. The van der Waals surface area contributed by atoms with Gasteiger partial charge in [-0.15, -0.1) is 0 Å². The first-order valence-corrected chi connectivity index (χ1v) is 7.21. The van der Waals surface area contributed by atoms with Crippen molar-refractivity contribution in [3.63, 3.8) is 0 Å². The number of aryl methyl sites for hydroxylation is 1. The van der Waals surface area contributed by atoms with Gasteiger partial charge in [-0.1, -0.05) is 23.7 Å². The van der Waals surface area contributed by atoms with E-state index in [1.807, 2.05) is 19.1 Å². The number of para-hydroxylation sites is 1. The van der Waals surface area contributed by atoms with E-state index < -0.39 is 0 Å². The number of allylic oxidation sites excluding steroid dienone is 1. The summed E-state index contributed by atoms with van der Waals surface area (Å²) in [6.45, 7) is 1.87. The molecular weight excluding hydrogens is 300 g/mol. The van der Waals surface area contributed by atoms with Crippen LogP contribution >= 0.6 is 11.6 Å². The molecule has 2 aliphatic heterocycles. The molecule has 0 spiro atoms. The van der Waals surface area contributed by atoms with Crippen LogP contribution in [-0.2, 0) is 4.79 Å². The Hall–Kier alpha value is -2.59. The highest BCUT2D eigenvalue weighted by molar-refractivity contribution is 6.40. The van der Waals surface area contributed by atoms with Crippen molar-refractivity contribution in [3.8, 4) is 0 Å². The van der Waals surface area contributed by atoms with Gasteiger partial charge in [-0.25, -0.2) is 0 Å². The zero-order chi connectivity index (χ0) is 15.4. The Morgan fingerprint density at radius 2 is 1.77 bits per heavy atom. The molecule has 0 unspecified atom stereocenters. The van der Waals surface area contributed by atoms with Gasteiger partial charge in [0.25, 0.3) is 5.91 Å². The summed E-state index contributed by atoms with van der Waals surface area (Å²) in [6.07, 6.45) is 0. The highest BCUT2D eigenvalue weighted by Gasteiger charge is 2.35. The summed E-state index contributed by atoms with van der Waals surface area (Å²) < 4.78 is 0. The zero-order valence-corrected chi connectivity index (χ0v) is 12.4. The largest absolute Gasteiger partial charge is 0.351 e. The van der Waals surface area contributed by atoms with Gasteiger partial charge in [-0.3, -0.25) is 9.59 Å². The van der Waals surface area contributed by atoms with Crippen LogP contribution in [0.5, 0.6) is 0 Å². The maximum Gasteiger partial charge on any atom is 0.258 e. The molecule has 22 heavy (non-hydrogen) atoms. The summed E-state index contributed by atoms with van der Waals surface area (Å²) >= 11 is 6.11. The summed E-state index contributed by atoms with van der Waals surface area (Å²) in [5.41, 5.74) is 4.19. The SMILES string of the molecule is Cc1cc(Cl)cc2c1NC(=O)C2=C1Nc2ccccc2C1=O. The molecule has 2 heterocycles. The van der Waals surface area contributed by atoms with Gasteiger partial charge < -0.3 is 10.6 Å². The molecule has 0 atom stereocenters. The van der Waals surface area contributed by atoms with E-state index >= 15 is 0 Å². The number of ketones is 1. The molecule has 2 aromatic rings. The predicted octanol–water partition coefficient (Wildman–Crippen LogP) is 3.62. The molecule has 1 amide bonds. The first kappa shape index (κ1) is 13.1. The summed E-state index contributed by atoms with van der Waals surface area (Å²) in [4.78, 5) is 24.9. The van der Waals surface area contributed by atoms with Crippen LogP contribution in [0.1, 0.15) is 21.5 Å². The summed E-state index contributed by atoms with van der Waals surface area (Å²) in [7, 11) is 0. The topological polar surface area (TPSA) is 58.2 Å². The average Bonchev–Trinajstić information content (AvgIpc) is 2.97. The van der Waals surface area contributed by atoms with Crippen LogP contribution in [0.15, 0.2) is 42.1 Å². The Balaban J connectivity index is 1.96. The second kappa shape index (κ2) is 4.45. The summed E-state index contributed by atoms with van der Waals surface area (Å²) in [6, 6.07) is 10.7. The lowest BCUT2D eigenvalue weighted by Crippen LogP contribution is -2.11. The van der Waals surface area contributed by atoms with E-state index in [1.54, 1.807) is 24.3 Å². The smallest absolute Gasteiger partial charge is 0.258 e. The monoisotopic (exact) mass is 310 g/mol. The van der Waals surface area contributed by atoms with Crippen molar-refractivity contribution in [3.05, 3.63) is 63.8 Å². The van der Waals surface area contributed by atoms with Crippen LogP contribution < -0.4 is 10.6 Å². The molecule has 4 rings (SSSR count). The first-order chi connectivity index (χ1) is 10.6. The number of Topliss-reactive ketones (excluding diaryl/α,β-unsaturated/α-hetero) is 1. The minimum absolute atomic E-state index is 0.175. The highest BCUT2D eigenvalue weighted by Crippen LogP contribution is 2.41. The number of anilines is 2. The molecule has 0 fully saturated rings. The van der Waals surface area contributed by atoms with Crippen LogP contribution in [0.4, 0.5) is 11.4 Å². The molecule has 0 aromatic heterocycles. The first-order valence-electron chi connectivity index (χ1n) is 6.83. The number of halogens is 1. The van der Waals surface area contributed by atoms with E-state index in [4.69, 9.17) is 11.6 Å². The van der Waals surface area contributed by atoms with Crippen molar-refractivity contribution in [2.75, 3.05) is 10.6 Å². The van der Waals surface area contributed by atoms with E-state index in [1.165, 1.54) is 0 Å². The quantitative estimate of drug-likeness (QED) is 0.731. The van der Waals surface area contributed by atoms with E-state index in [0.29, 0.717) is 33.1 Å². The van der Waals surface area contributed by atoms with E-state index in [9.17, 15) is 9.59 Å². The summed E-state index contributed by atoms with van der Waals surface area (Å²) in [5, 5.41) is 6.42. The maximum atomic E-state index is 12.6. The molecular formula is C17H11ClN2O2. The molecule has 0 saturated carbocycles. The van der Waals surface area contributed by atoms with Crippen LogP contribution in [-0.4, -0.2) is 11.7 Å². The van der Waals surface area contributed by atoms with Crippen molar-refractivity contribution in [1.82, 2.24) is 0 Å². The number of rotatable bonds is 0. The van der Waals surface area contributed by atoms with E-state index in [2.05, 4.69) is 10.6 Å². The third-order valence-electron chi connectivity index (χ3n) is 3.94. The minimum atomic E-state index is -0.288. The third kappa shape index (κ3) is 1.71. The average molecular weight is 311 g/mol. The van der Waals surface area contributed by atoms with Crippen molar-refractivity contribution in [1.29, 1.82) is 0 Å². The van der Waals surface area contributed by atoms with Gasteiger partial charge in [0.15, 0.2) is 0 Å². The van der Waals surface area contributed by atoms with Crippen molar-refractivity contribution in [2.45, 2.75) is 6.92 Å². The van der Waals surface area contributed by atoms with Gasteiger partial charge in [0.1, 0.15) is 5.70 Å². The van der Waals surface area contributed by atoms with E-state index in [0.717, 1.165) is 11.3 Å². The molecule has 0 aliphatic carbocycles. The number of carbonyl (C=O) groups is 2. The molecule has 2 N–H and O–H groups in total. The normalized spacial score (nSPS) is 18.8. The fourth-order valence-electron chi connectivity index (χ4n) is 2.95. The Kier molecular flexibility index (Phi) is 2.65. The molecule has 108 valence electrons. The number of amides is 1. The lowest BCUT2D eigenvalue weighted by molar-refractivity contribution is -0.110. The maximum absolute atomic E-state index is 12.6. The van der Waals surface area contributed by atoms with Crippen LogP contribution in [0.3, 0.4) is 0 Å². The van der Waals surface area contributed by atoms with Gasteiger partial charge in [0.2, 0.25) is 5.78 Å². The Labute approximate surface area is 131 Å². The molecule has 0 bridgehead atoms. The van der Waals surface area contributed by atoms with Crippen molar-refractivity contribution < 1.29 is 9.59 Å². The predicted molar refractivity (Wildman–Crippen MR) is 86.1 cm³/mol. The minimum Gasteiger partial charge on any atom is -0.351 e. The van der Waals surface area contributed by atoms with Gasteiger partial charge in [-0.05, 0) is 36.8 Å². The van der Waals surface area contributed by atoms with E-state index in [-0.39, 0.29) is 11.7 Å². The number of benzene rings is 2. The second-order valence-corrected chi connectivity index (χ2v) is 5.79.